The minimum absolute atomic E-state index is 0.636. The Labute approximate surface area is 333 Å². The average Bonchev–Trinajstić information content (AvgIpc) is 3.85. The fourth-order valence-corrected chi connectivity index (χ4v) is 8.84. The van der Waals surface area contributed by atoms with E-state index < -0.39 is 0 Å². The Kier molecular flexibility index (Phi) is 7.16. The Hall–Kier alpha value is -7.89. The first-order valence-corrected chi connectivity index (χ1v) is 19.6. The highest BCUT2D eigenvalue weighted by molar-refractivity contribution is 6.21. The van der Waals surface area contributed by atoms with E-state index in [1.54, 1.807) is 0 Å². The number of benzene rings is 8. The standard InChI is InChI=1S/C53H33N5/c1-3-15-34(16-4-1)51-54-52(35-17-5-2-6-18-35)56-53(55-51)39-22-13-20-36(29-39)37-21-14-23-40(30-37)57-47-28-12-10-26-43(47)45-32-44-41-24-8-9-25-42(41)48-31-38-19-7-11-27-46(38)58(48)50(44)33-49(45)57/h1-33H. The molecule has 0 bridgehead atoms. The Morgan fingerprint density at radius 1 is 0.276 bits per heavy atom. The van der Waals surface area contributed by atoms with Gasteiger partial charge < -0.3 is 8.97 Å². The van der Waals surface area contributed by atoms with Crippen LogP contribution < -0.4 is 0 Å². The zero-order valence-electron chi connectivity index (χ0n) is 31.3. The van der Waals surface area contributed by atoms with Crippen molar-refractivity contribution >= 4 is 59.9 Å². The summed E-state index contributed by atoms with van der Waals surface area (Å²) in [6.07, 6.45) is 0. The molecule has 12 aromatic rings. The highest BCUT2D eigenvalue weighted by Gasteiger charge is 2.19. The van der Waals surface area contributed by atoms with E-state index in [4.69, 9.17) is 15.0 Å². The van der Waals surface area contributed by atoms with Crippen LogP contribution in [-0.4, -0.2) is 23.9 Å². The summed E-state index contributed by atoms with van der Waals surface area (Å²) in [6.45, 7) is 0. The van der Waals surface area contributed by atoms with Crippen molar-refractivity contribution in [3.63, 3.8) is 0 Å². The van der Waals surface area contributed by atoms with Gasteiger partial charge in [-0.05, 0) is 65.0 Å². The van der Waals surface area contributed by atoms with Crippen molar-refractivity contribution in [3.05, 3.63) is 200 Å². The SMILES string of the molecule is c1ccc(-c2nc(-c3ccccc3)nc(-c3cccc(-c4cccc(-n5c6ccccc6c6cc7c8ccccc8c8cc9ccccc9n8c7cc65)c4)c3)n2)cc1. The molecule has 0 aliphatic rings. The monoisotopic (exact) mass is 739 g/mol. The van der Waals surface area contributed by atoms with E-state index in [0.717, 1.165) is 33.5 Å². The molecule has 58 heavy (non-hydrogen) atoms. The van der Waals surface area contributed by atoms with E-state index in [1.807, 2.05) is 60.7 Å². The quantitative estimate of drug-likeness (QED) is 0.165. The Balaban J connectivity index is 1.05. The summed E-state index contributed by atoms with van der Waals surface area (Å²) >= 11 is 0. The van der Waals surface area contributed by atoms with Crippen LogP contribution >= 0.6 is 0 Å². The van der Waals surface area contributed by atoms with Crippen molar-refractivity contribution in [2.75, 3.05) is 0 Å². The number of pyridine rings is 1. The lowest BCUT2D eigenvalue weighted by atomic mass is 10.0. The lowest BCUT2D eigenvalue weighted by Gasteiger charge is -2.13. The van der Waals surface area contributed by atoms with Crippen LogP contribution in [0.1, 0.15) is 0 Å². The summed E-state index contributed by atoms with van der Waals surface area (Å²) in [4.78, 5) is 14.9. The minimum Gasteiger partial charge on any atom is -0.309 e. The van der Waals surface area contributed by atoms with Gasteiger partial charge >= 0.3 is 0 Å². The zero-order chi connectivity index (χ0) is 38.2. The minimum atomic E-state index is 0.636. The van der Waals surface area contributed by atoms with Crippen molar-refractivity contribution < 1.29 is 0 Å². The van der Waals surface area contributed by atoms with Crippen LogP contribution in [0.25, 0.3) is 111 Å². The third-order valence-electron chi connectivity index (χ3n) is 11.5. The van der Waals surface area contributed by atoms with Crippen LogP contribution in [0, 0.1) is 0 Å². The van der Waals surface area contributed by atoms with Gasteiger partial charge in [0.25, 0.3) is 0 Å². The lowest BCUT2D eigenvalue weighted by Crippen LogP contribution is -2.00. The Morgan fingerprint density at radius 2 is 0.776 bits per heavy atom. The van der Waals surface area contributed by atoms with E-state index >= 15 is 0 Å². The van der Waals surface area contributed by atoms with E-state index in [9.17, 15) is 0 Å². The van der Waals surface area contributed by atoms with Crippen LogP contribution in [0.4, 0.5) is 0 Å². The molecule has 5 heteroatoms. The molecular weight excluding hydrogens is 707 g/mol. The summed E-state index contributed by atoms with van der Waals surface area (Å²) < 4.78 is 4.87. The average molecular weight is 740 g/mol. The third-order valence-corrected chi connectivity index (χ3v) is 11.5. The van der Waals surface area contributed by atoms with Crippen molar-refractivity contribution in [1.82, 2.24) is 23.9 Å². The van der Waals surface area contributed by atoms with Crippen LogP contribution in [0.5, 0.6) is 0 Å². The molecule has 0 atom stereocenters. The predicted octanol–water partition coefficient (Wildman–Crippen LogP) is 13.3. The molecule has 270 valence electrons. The molecule has 0 aliphatic heterocycles. The maximum absolute atomic E-state index is 5.01. The molecule has 0 saturated heterocycles. The maximum Gasteiger partial charge on any atom is 0.164 e. The summed E-state index contributed by atoms with van der Waals surface area (Å²) in [5.41, 5.74) is 12.1. The molecule has 0 unspecified atom stereocenters. The number of para-hydroxylation sites is 2. The van der Waals surface area contributed by atoms with Crippen LogP contribution in [0.3, 0.4) is 0 Å². The van der Waals surface area contributed by atoms with E-state index in [-0.39, 0.29) is 0 Å². The molecule has 0 amide bonds. The summed E-state index contributed by atoms with van der Waals surface area (Å²) in [5, 5.41) is 7.46. The predicted molar refractivity (Wildman–Crippen MR) is 239 cm³/mol. The molecule has 0 N–H and O–H groups in total. The molecular formula is C53H33N5. The number of hydrogen-bond donors (Lipinski definition) is 0. The molecule has 0 saturated carbocycles. The van der Waals surface area contributed by atoms with E-state index in [2.05, 4.69) is 148 Å². The van der Waals surface area contributed by atoms with Gasteiger partial charge in [-0.25, -0.2) is 15.0 Å². The number of hydrogen-bond acceptors (Lipinski definition) is 3. The van der Waals surface area contributed by atoms with Gasteiger partial charge in [-0.2, -0.15) is 0 Å². The largest absolute Gasteiger partial charge is 0.309 e. The first kappa shape index (κ1) is 32.4. The van der Waals surface area contributed by atoms with Crippen LogP contribution in [0.15, 0.2) is 200 Å². The van der Waals surface area contributed by atoms with Crippen molar-refractivity contribution in [3.8, 4) is 51.0 Å². The van der Waals surface area contributed by atoms with Gasteiger partial charge in [0.1, 0.15) is 0 Å². The fraction of sp³-hybridized carbons (Fsp3) is 0. The molecule has 0 aliphatic carbocycles. The second-order valence-corrected chi connectivity index (χ2v) is 14.9. The van der Waals surface area contributed by atoms with Gasteiger partial charge in [0.05, 0.1) is 27.6 Å². The normalized spacial score (nSPS) is 11.8. The summed E-state index contributed by atoms with van der Waals surface area (Å²) in [7, 11) is 0. The van der Waals surface area contributed by atoms with Crippen LogP contribution in [-0.2, 0) is 0 Å². The first-order chi connectivity index (χ1) is 28.7. The van der Waals surface area contributed by atoms with Gasteiger partial charge in [0, 0.05) is 49.3 Å². The van der Waals surface area contributed by atoms with Gasteiger partial charge in [-0.1, -0.05) is 152 Å². The molecule has 0 spiro atoms. The van der Waals surface area contributed by atoms with E-state index in [1.165, 1.54) is 59.9 Å². The van der Waals surface area contributed by atoms with Gasteiger partial charge in [0.2, 0.25) is 0 Å². The zero-order valence-corrected chi connectivity index (χ0v) is 31.3. The number of fused-ring (bicyclic) bond motifs is 11. The number of aromatic nitrogens is 5. The van der Waals surface area contributed by atoms with Gasteiger partial charge in [0.15, 0.2) is 17.5 Å². The molecule has 12 rings (SSSR count). The molecule has 0 radical (unpaired) electrons. The maximum atomic E-state index is 5.01. The molecule has 0 fully saturated rings. The molecule has 8 aromatic carbocycles. The fourth-order valence-electron chi connectivity index (χ4n) is 8.84. The number of rotatable bonds is 5. The summed E-state index contributed by atoms with van der Waals surface area (Å²) in [6, 6.07) is 71.1. The third kappa shape index (κ3) is 5.07. The Morgan fingerprint density at radius 3 is 1.50 bits per heavy atom. The lowest BCUT2D eigenvalue weighted by molar-refractivity contribution is 1.07. The molecule has 4 aromatic heterocycles. The Bertz CT molecular complexity index is 3510. The highest BCUT2D eigenvalue weighted by atomic mass is 15.0. The molecule has 4 heterocycles. The van der Waals surface area contributed by atoms with Crippen molar-refractivity contribution in [1.29, 1.82) is 0 Å². The number of nitrogens with zero attached hydrogens (tertiary/aromatic N) is 5. The highest BCUT2D eigenvalue weighted by Crippen LogP contribution is 2.40. The summed E-state index contributed by atoms with van der Waals surface area (Å²) in [5.74, 6) is 1.93. The topological polar surface area (TPSA) is 48.0 Å². The van der Waals surface area contributed by atoms with Gasteiger partial charge in [-0.15, -0.1) is 0 Å². The van der Waals surface area contributed by atoms with Crippen LogP contribution in [0.2, 0.25) is 0 Å². The second-order valence-electron chi connectivity index (χ2n) is 14.9. The van der Waals surface area contributed by atoms with Gasteiger partial charge in [-0.3, -0.25) is 0 Å². The van der Waals surface area contributed by atoms with Crippen molar-refractivity contribution in [2.24, 2.45) is 0 Å². The first-order valence-electron chi connectivity index (χ1n) is 19.6. The second kappa shape index (κ2) is 12.8. The smallest absolute Gasteiger partial charge is 0.164 e. The molecule has 5 nitrogen and oxygen atoms in total. The van der Waals surface area contributed by atoms with Crippen molar-refractivity contribution in [2.45, 2.75) is 0 Å². The van der Waals surface area contributed by atoms with E-state index in [0.29, 0.717) is 17.5 Å².